The molecule has 0 aromatic heterocycles. The van der Waals surface area contributed by atoms with Crippen LogP contribution in [0.2, 0.25) is 0 Å². The van der Waals surface area contributed by atoms with Crippen molar-refractivity contribution in [2.75, 3.05) is 13.7 Å². The molecule has 0 amide bonds. The molecule has 1 aliphatic heterocycles. The lowest BCUT2D eigenvalue weighted by molar-refractivity contribution is 0.00866. The monoisotopic (exact) mass is 275 g/mol. The average molecular weight is 275 g/mol. The molecule has 1 N–H and O–H groups in total. The molecule has 1 saturated heterocycles. The Morgan fingerprint density at radius 3 is 2.65 bits per heavy atom. The average Bonchev–Trinajstić information content (AvgIpc) is 2.51. The Kier molecular flexibility index (Phi) is 6.55. The van der Waals surface area contributed by atoms with E-state index in [-0.39, 0.29) is 0 Å². The predicted molar refractivity (Wildman–Crippen MR) is 85.1 cm³/mol. The molecule has 0 spiro atoms. The van der Waals surface area contributed by atoms with E-state index in [9.17, 15) is 0 Å². The Hall–Kier alpha value is -0.860. The van der Waals surface area contributed by atoms with Gasteiger partial charge in [-0.05, 0) is 56.7 Å². The molecule has 0 radical (unpaired) electrons. The number of benzene rings is 1. The third-order valence-electron chi connectivity index (χ3n) is 4.32. The molecule has 0 aliphatic carbocycles. The Labute approximate surface area is 123 Å². The standard InChI is InChI=1S/C18H29NO/c1-3-6-15-8-10-16(11-9-15)18(19-2)13-12-17-7-4-5-14-20-17/h8-11,17-19H,3-7,12-14H2,1-2H3. The maximum absolute atomic E-state index is 5.83. The molecule has 2 unspecified atom stereocenters. The van der Waals surface area contributed by atoms with E-state index in [1.54, 1.807) is 0 Å². The normalized spacial score (nSPS) is 20.8. The van der Waals surface area contributed by atoms with Gasteiger partial charge in [-0.3, -0.25) is 0 Å². The van der Waals surface area contributed by atoms with Gasteiger partial charge in [-0.25, -0.2) is 0 Å². The molecule has 2 atom stereocenters. The molecule has 2 heteroatoms. The lowest BCUT2D eigenvalue weighted by Crippen LogP contribution is -2.23. The minimum atomic E-state index is 0.455. The van der Waals surface area contributed by atoms with Gasteiger partial charge >= 0.3 is 0 Å². The number of hydrogen-bond donors (Lipinski definition) is 1. The summed E-state index contributed by atoms with van der Waals surface area (Å²) in [6, 6.07) is 9.58. The van der Waals surface area contributed by atoms with Crippen LogP contribution < -0.4 is 5.32 Å². The van der Waals surface area contributed by atoms with E-state index < -0.39 is 0 Å². The Morgan fingerprint density at radius 1 is 1.25 bits per heavy atom. The summed E-state index contributed by atoms with van der Waals surface area (Å²) in [5, 5.41) is 3.45. The first-order chi connectivity index (χ1) is 9.83. The van der Waals surface area contributed by atoms with E-state index >= 15 is 0 Å². The van der Waals surface area contributed by atoms with Crippen molar-refractivity contribution in [1.29, 1.82) is 0 Å². The van der Waals surface area contributed by atoms with Crippen LogP contribution in [-0.4, -0.2) is 19.8 Å². The molecule has 0 saturated carbocycles. The van der Waals surface area contributed by atoms with Gasteiger partial charge in [0.15, 0.2) is 0 Å². The first kappa shape index (κ1) is 15.5. The molecule has 1 aromatic carbocycles. The zero-order valence-electron chi connectivity index (χ0n) is 13.0. The molecule has 2 nitrogen and oxygen atoms in total. The fourth-order valence-electron chi connectivity index (χ4n) is 3.07. The third kappa shape index (κ3) is 4.60. The van der Waals surface area contributed by atoms with Gasteiger partial charge in [-0.2, -0.15) is 0 Å². The largest absolute Gasteiger partial charge is 0.378 e. The van der Waals surface area contributed by atoms with E-state index in [1.165, 1.54) is 49.7 Å². The van der Waals surface area contributed by atoms with Crippen molar-refractivity contribution in [3.8, 4) is 0 Å². The highest BCUT2D eigenvalue weighted by molar-refractivity contribution is 5.25. The van der Waals surface area contributed by atoms with Gasteiger partial charge in [0.2, 0.25) is 0 Å². The van der Waals surface area contributed by atoms with E-state index in [2.05, 4.69) is 43.6 Å². The van der Waals surface area contributed by atoms with Gasteiger partial charge in [0.1, 0.15) is 0 Å². The fourth-order valence-corrected chi connectivity index (χ4v) is 3.07. The number of aryl methyl sites for hydroxylation is 1. The van der Waals surface area contributed by atoms with E-state index in [4.69, 9.17) is 4.74 Å². The minimum absolute atomic E-state index is 0.455. The first-order valence-electron chi connectivity index (χ1n) is 8.21. The van der Waals surface area contributed by atoms with Crippen molar-refractivity contribution in [2.45, 2.75) is 64.0 Å². The molecule has 1 heterocycles. The van der Waals surface area contributed by atoms with Crippen molar-refractivity contribution >= 4 is 0 Å². The summed E-state index contributed by atoms with van der Waals surface area (Å²) in [5.41, 5.74) is 2.85. The van der Waals surface area contributed by atoms with Crippen LogP contribution in [0, 0.1) is 0 Å². The summed E-state index contributed by atoms with van der Waals surface area (Å²) < 4.78 is 5.83. The zero-order valence-corrected chi connectivity index (χ0v) is 13.0. The summed E-state index contributed by atoms with van der Waals surface area (Å²) in [6.45, 7) is 3.19. The van der Waals surface area contributed by atoms with Crippen LogP contribution in [0.25, 0.3) is 0 Å². The Morgan fingerprint density at radius 2 is 2.05 bits per heavy atom. The van der Waals surface area contributed by atoms with Crippen LogP contribution in [0.1, 0.15) is 62.6 Å². The smallest absolute Gasteiger partial charge is 0.0575 e. The maximum Gasteiger partial charge on any atom is 0.0575 e. The van der Waals surface area contributed by atoms with Crippen LogP contribution in [-0.2, 0) is 11.2 Å². The van der Waals surface area contributed by atoms with Gasteiger partial charge in [0, 0.05) is 12.6 Å². The number of rotatable bonds is 7. The Balaban J connectivity index is 1.86. The SMILES string of the molecule is CCCc1ccc(C(CCC2CCCCO2)NC)cc1. The van der Waals surface area contributed by atoms with Crippen molar-refractivity contribution in [3.63, 3.8) is 0 Å². The van der Waals surface area contributed by atoms with Gasteiger partial charge < -0.3 is 10.1 Å². The highest BCUT2D eigenvalue weighted by atomic mass is 16.5. The van der Waals surface area contributed by atoms with Crippen LogP contribution >= 0.6 is 0 Å². The van der Waals surface area contributed by atoms with Gasteiger partial charge in [-0.1, -0.05) is 37.6 Å². The molecule has 2 rings (SSSR count). The van der Waals surface area contributed by atoms with Gasteiger partial charge in [-0.15, -0.1) is 0 Å². The lowest BCUT2D eigenvalue weighted by Gasteiger charge is -2.25. The van der Waals surface area contributed by atoms with Crippen molar-refractivity contribution < 1.29 is 4.74 Å². The van der Waals surface area contributed by atoms with E-state index in [0.717, 1.165) is 13.0 Å². The second kappa shape index (κ2) is 8.43. The third-order valence-corrected chi connectivity index (χ3v) is 4.32. The molecule has 20 heavy (non-hydrogen) atoms. The van der Waals surface area contributed by atoms with E-state index in [1.807, 2.05) is 0 Å². The summed E-state index contributed by atoms with van der Waals surface area (Å²) in [5.74, 6) is 0. The first-order valence-corrected chi connectivity index (χ1v) is 8.21. The molecular formula is C18H29NO. The number of ether oxygens (including phenoxy) is 1. The number of nitrogens with one attached hydrogen (secondary N) is 1. The van der Waals surface area contributed by atoms with Crippen LogP contribution in [0.5, 0.6) is 0 Å². The fraction of sp³-hybridized carbons (Fsp3) is 0.667. The minimum Gasteiger partial charge on any atom is -0.378 e. The summed E-state index contributed by atoms with van der Waals surface area (Å²) in [6.07, 6.45) is 9.03. The second-order valence-electron chi connectivity index (χ2n) is 5.90. The highest BCUT2D eigenvalue weighted by Gasteiger charge is 2.16. The highest BCUT2D eigenvalue weighted by Crippen LogP contribution is 2.24. The van der Waals surface area contributed by atoms with Crippen molar-refractivity contribution in [1.82, 2.24) is 5.32 Å². The zero-order chi connectivity index (χ0) is 14.2. The molecule has 1 aromatic rings. The molecule has 0 bridgehead atoms. The van der Waals surface area contributed by atoms with Crippen LogP contribution in [0.15, 0.2) is 24.3 Å². The quantitative estimate of drug-likeness (QED) is 0.803. The molecular weight excluding hydrogens is 246 g/mol. The summed E-state index contributed by atoms with van der Waals surface area (Å²) >= 11 is 0. The van der Waals surface area contributed by atoms with Gasteiger partial charge in [0.05, 0.1) is 6.10 Å². The topological polar surface area (TPSA) is 21.3 Å². The van der Waals surface area contributed by atoms with Crippen LogP contribution in [0.4, 0.5) is 0 Å². The van der Waals surface area contributed by atoms with E-state index in [0.29, 0.717) is 12.1 Å². The second-order valence-corrected chi connectivity index (χ2v) is 5.90. The predicted octanol–water partition coefficient (Wildman–Crippen LogP) is 4.25. The molecule has 112 valence electrons. The maximum atomic E-state index is 5.83. The molecule has 1 aliphatic rings. The molecule has 1 fully saturated rings. The van der Waals surface area contributed by atoms with Crippen LogP contribution in [0.3, 0.4) is 0 Å². The van der Waals surface area contributed by atoms with Crippen molar-refractivity contribution in [2.24, 2.45) is 0 Å². The van der Waals surface area contributed by atoms with Crippen molar-refractivity contribution in [3.05, 3.63) is 35.4 Å². The summed E-state index contributed by atoms with van der Waals surface area (Å²) in [7, 11) is 2.06. The Bertz CT molecular complexity index is 368. The van der Waals surface area contributed by atoms with Gasteiger partial charge in [0.25, 0.3) is 0 Å². The lowest BCUT2D eigenvalue weighted by atomic mass is 9.96. The summed E-state index contributed by atoms with van der Waals surface area (Å²) in [4.78, 5) is 0. The number of hydrogen-bond acceptors (Lipinski definition) is 2.